The maximum atomic E-state index is 9.93. The molecule has 0 radical (unpaired) electrons. The summed E-state index contributed by atoms with van der Waals surface area (Å²) >= 11 is 0. The topological polar surface area (TPSA) is 92.8 Å². The van der Waals surface area contributed by atoms with Crippen LogP contribution >= 0.6 is 7.82 Å². The Labute approximate surface area is 58.4 Å². The number of phosphoric acid groups is 1. The first kappa shape index (κ1) is 9.47. The molecule has 0 bridgehead atoms. The lowest BCUT2D eigenvalue weighted by molar-refractivity contribution is 0.269. The van der Waals surface area contributed by atoms with E-state index in [2.05, 4.69) is 10.4 Å². The molecular weight excluding hydrogens is 157 g/mol. The number of phosphoric ester groups is 1. The molecule has 0 aliphatic rings. The highest BCUT2D eigenvalue weighted by Gasteiger charge is 2.11. The van der Waals surface area contributed by atoms with E-state index >= 15 is 0 Å². The van der Waals surface area contributed by atoms with Gasteiger partial charge in [-0.25, -0.2) is 4.57 Å². The van der Waals surface area contributed by atoms with Crippen molar-refractivity contribution in [3.63, 3.8) is 0 Å². The molecule has 0 aliphatic carbocycles. The van der Waals surface area contributed by atoms with Gasteiger partial charge in [0, 0.05) is 13.0 Å². The Kier molecular flexibility index (Phi) is 4.08. The van der Waals surface area contributed by atoms with Crippen molar-refractivity contribution in [3.8, 4) is 12.0 Å². The van der Waals surface area contributed by atoms with Gasteiger partial charge < -0.3 is 10.3 Å². The van der Waals surface area contributed by atoms with Crippen LogP contribution in [0.15, 0.2) is 0 Å². The normalized spacial score (nSPS) is 9.90. The molecule has 0 spiro atoms. The minimum absolute atomic E-state index is 0.345. The fourth-order valence-electron chi connectivity index (χ4n) is 0.215. The summed E-state index contributed by atoms with van der Waals surface area (Å²) in [5.41, 5.74) is 5.03. The average Bonchev–Trinajstić information content (AvgIpc) is 1.78. The van der Waals surface area contributed by atoms with Crippen molar-refractivity contribution in [1.82, 2.24) is 0 Å². The summed E-state index contributed by atoms with van der Waals surface area (Å²) in [6.07, 6.45) is 2.19. The molecule has 5 nitrogen and oxygen atoms in total. The Bertz CT molecular complexity index is 187. The number of nitrogens with two attached hydrogens (primary N) is 1. The number of hydrogen-bond acceptors (Lipinski definition) is 3. The Morgan fingerprint density at radius 1 is 1.60 bits per heavy atom. The van der Waals surface area contributed by atoms with E-state index in [1.54, 1.807) is 0 Å². The molecule has 10 heavy (non-hydrogen) atoms. The van der Waals surface area contributed by atoms with Crippen molar-refractivity contribution in [2.45, 2.75) is 6.42 Å². The largest absolute Gasteiger partial charge is 0.533 e. The molecule has 6 heteroatoms. The van der Waals surface area contributed by atoms with Crippen LogP contribution in [0.2, 0.25) is 0 Å². The minimum atomic E-state index is -4.42. The SMILES string of the molecule is NCCC#COP(=O)(O)O. The molecule has 0 aromatic heterocycles. The molecule has 58 valence electrons. The Morgan fingerprint density at radius 2 is 2.20 bits per heavy atom. The summed E-state index contributed by atoms with van der Waals surface area (Å²) < 4.78 is 13.7. The molecule has 0 aromatic carbocycles. The molecule has 0 saturated carbocycles. The standard InChI is InChI=1S/C4H8NO4P/c5-3-1-2-4-9-10(6,7)8/h1,3,5H2,(H2,6,7,8). The lowest BCUT2D eigenvalue weighted by atomic mass is 10.5. The van der Waals surface area contributed by atoms with Crippen LogP contribution in [0.4, 0.5) is 0 Å². The maximum absolute atomic E-state index is 9.93. The van der Waals surface area contributed by atoms with E-state index in [4.69, 9.17) is 15.5 Å². The van der Waals surface area contributed by atoms with E-state index < -0.39 is 7.82 Å². The van der Waals surface area contributed by atoms with Gasteiger partial charge in [-0.05, 0) is 0 Å². The second-order valence-electron chi connectivity index (χ2n) is 1.40. The van der Waals surface area contributed by atoms with Gasteiger partial charge in [-0.1, -0.05) is 5.92 Å². The van der Waals surface area contributed by atoms with Gasteiger partial charge in [-0.2, -0.15) is 0 Å². The lowest BCUT2D eigenvalue weighted by Crippen LogP contribution is -1.95. The van der Waals surface area contributed by atoms with E-state index in [0.29, 0.717) is 13.0 Å². The zero-order valence-electron chi connectivity index (χ0n) is 5.15. The van der Waals surface area contributed by atoms with Crippen LogP contribution < -0.4 is 5.73 Å². The zero-order valence-corrected chi connectivity index (χ0v) is 6.04. The zero-order chi connectivity index (χ0) is 8.04. The summed E-state index contributed by atoms with van der Waals surface area (Å²) in [5, 5.41) is 0. The van der Waals surface area contributed by atoms with Crippen LogP contribution in [0.5, 0.6) is 0 Å². The van der Waals surface area contributed by atoms with Crippen molar-refractivity contribution in [2.75, 3.05) is 6.54 Å². The van der Waals surface area contributed by atoms with Crippen molar-refractivity contribution >= 4 is 7.82 Å². The molecule has 0 unspecified atom stereocenters. The average molecular weight is 165 g/mol. The minimum Gasteiger partial charge on any atom is -0.350 e. The molecular formula is C4H8NO4P. The third-order valence-electron chi connectivity index (χ3n) is 0.506. The van der Waals surface area contributed by atoms with Crippen LogP contribution in [0, 0.1) is 12.0 Å². The van der Waals surface area contributed by atoms with Crippen LogP contribution in [0.25, 0.3) is 0 Å². The van der Waals surface area contributed by atoms with Gasteiger partial charge in [0.15, 0.2) is 0 Å². The van der Waals surface area contributed by atoms with E-state index in [-0.39, 0.29) is 0 Å². The van der Waals surface area contributed by atoms with E-state index in [9.17, 15) is 4.57 Å². The first-order valence-electron chi connectivity index (χ1n) is 2.48. The summed E-state index contributed by atoms with van der Waals surface area (Å²) in [5.74, 6) is 2.30. The predicted molar refractivity (Wildman–Crippen MR) is 34.6 cm³/mol. The van der Waals surface area contributed by atoms with Crippen LogP contribution in [-0.4, -0.2) is 16.3 Å². The summed E-state index contributed by atoms with van der Waals surface area (Å²) in [7, 11) is -4.42. The monoisotopic (exact) mass is 165 g/mol. The third-order valence-corrected chi connectivity index (χ3v) is 0.835. The predicted octanol–water partition coefficient (Wildman–Crippen LogP) is -0.595. The van der Waals surface area contributed by atoms with E-state index in [1.165, 1.54) is 0 Å². The highest BCUT2D eigenvalue weighted by atomic mass is 31.2. The second-order valence-corrected chi connectivity index (χ2v) is 2.56. The number of rotatable bonds is 2. The molecule has 0 aliphatic heterocycles. The van der Waals surface area contributed by atoms with Crippen LogP contribution in [0.3, 0.4) is 0 Å². The summed E-state index contributed by atoms with van der Waals surface area (Å²) in [6, 6.07) is 0. The van der Waals surface area contributed by atoms with Gasteiger partial charge >= 0.3 is 7.82 Å². The first-order valence-corrected chi connectivity index (χ1v) is 4.01. The fraction of sp³-hybridized carbons (Fsp3) is 0.500. The smallest absolute Gasteiger partial charge is 0.350 e. The van der Waals surface area contributed by atoms with E-state index in [1.807, 2.05) is 6.11 Å². The Hall–Kier alpha value is -0.530. The molecule has 0 saturated heterocycles. The van der Waals surface area contributed by atoms with Gasteiger partial charge in [0.2, 0.25) is 0 Å². The Balaban J connectivity index is 3.56. The summed E-state index contributed by atoms with van der Waals surface area (Å²) in [4.78, 5) is 16.1. The van der Waals surface area contributed by atoms with Gasteiger partial charge in [0.1, 0.15) is 6.11 Å². The lowest BCUT2D eigenvalue weighted by Gasteiger charge is -1.94. The second kappa shape index (κ2) is 4.31. The molecule has 0 atom stereocenters. The molecule has 0 fully saturated rings. The van der Waals surface area contributed by atoms with E-state index in [0.717, 1.165) is 0 Å². The maximum Gasteiger partial charge on any atom is 0.533 e. The molecule has 0 heterocycles. The molecule has 0 amide bonds. The van der Waals surface area contributed by atoms with Crippen molar-refractivity contribution in [2.24, 2.45) is 5.73 Å². The third kappa shape index (κ3) is 7.47. The van der Waals surface area contributed by atoms with Crippen LogP contribution in [0.1, 0.15) is 6.42 Å². The fourth-order valence-corrected chi connectivity index (χ4v) is 0.398. The van der Waals surface area contributed by atoms with Crippen LogP contribution in [-0.2, 0) is 9.09 Å². The van der Waals surface area contributed by atoms with Crippen molar-refractivity contribution < 1.29 is 18.9 Å². The van der Waals surface area contributed by atoms with Crippen molar-refractivity contribution in [1.29, 1.82) is 0 Å². The highest BCUT2D eigenvalue weighted by Crippen LogP contribution is 2.34. The Morgan fingerprint density at radius 3 is 2.60 bits per heavy atom. The van der Waals surface area contributed by atoms with Gasteiger partial charge in [-0.3, -0.25) is 9.79 Å². The van der Waals surface area contributed by atoms with Gasteiger partial charge in [0.25, 0.3) is 0 Å². The molecule has 0 rings (SSSR count). The quantitative estimate of drug-likeness (QED) is 0.375. The van der Waals surface area contributed by atoms with Gasteiger partial charge in [0.05, 0.1) is 0 Å². The first-order chi connectivity index (χ1) is 4.56. The van der Waals surface area contributed by atoms with Gasteiger partial charge in [-0.15, -0.1) is 0 Å². The molecule has 0 aromatic rings. The molecule has 4 N–H and O–H groups in total. The van der Waals surface area contributed by atoms with Crippen molar-refractivity contribution in [3.05, 3.63) is 0 Å². The highest BCUT2D eigenvalue weighted by molar-refractivity contribution is 7.46. The number of hydrogen-bond donors (Lipinski definition) is 3. The summed E-state index contributed by atoms with van der Waals surface area (Å²) in [6.45, 7) is 0.345.